The number of aromatic carboxylic acids is 1. The van der Waals surface area contributed by atoms with Gasteiger partial charge < -0.3 is 15.6 Å². The van der Waals surface area contributed by atoms with Crippen LogP contribution >= 0.6 is 0 Å². The van der Waals surface area contributed by atoms with Gasteiger partial charge in [-0.25, -0.2) is 9.78 Å². The molecule has 0 aliphatic carbocycles. The second-order valence-corrected chi connectivity index (χ2v) is 4.16. The molecule has 0 atom stereocenters. The van der Waals surface area contributed by atoms with Crippen LogP contribution in [-0.2, 0) is 0 Å². The minimum Gasteiger partial charge on any atom is -0.477 e. The monoisotopic (exact) mass is 252 g/mol. The Balaban J connectivity index is 2.41. The summed E-state index contributed by atoms with van der Waals surface area (Å²) in [5.41, 5.74) is 5.99. The van der Waals surface area contributed by atoms with E-state index in [1.807, 2.05) is 0 Å². The summed E-state index contributed by atoms with van der Waals surface area (Å²) in [7, 11) is 0. The van der Waals surface area contributed by atoms with Crippen molar-refractivity contribution in [3.8, 4) is 5.88 Å². The van der Waals surface area contributed by atoms with Crippen LogP contribution in [0.25, 0.3) is 0 Å². The van der Waals surface area contributed by atoms with Gasteiger partial charge in [-0.1, -0.05) is 32.6 Å². The molecule has 0 aliphatic heterocycles. The van der Waals surface area contributed by atoms with Crippen LogP contribution in [0.15, 0.2) is 12.1 Å². The maximum absolute atomic E-state index is 10.8. The first-order valence-electron chi connectivity index (χ1n) is 6.27. The van der Waals surface area contributed by atoms with Crippen LogP contribution in [0.4, 0.5) is 5.69 Å². The Kier molecular flexibility index (Phi) is 5.97. The summed E-state index contributed by atoms with van der Waals surface area (Å²) in [4.78, 5) is 14.6. The van der Waals surface area contributed by atoms with Crippen molar-refractivity contribution in [2.24, 2.45) is 0 Å². The van der Waals surface area contributed by atoms with Crippen molar-refractivity contribution in [2.75, 3.05) is 12.3 Å². The molecule has 3 N–H and O–H groups in total. The van der Waals surface area contributed by atoms with Crippen molar-refractivity contribution >= 4 is 11.7 Å². The lowest BCUT2D eigenvalue weighted by Crippen LogP contribution is -2.06. The first kappa shape index (κ1) is 14.3. The minimum absolute atomic E-state index is 0.0508. The molecule has 0 bridgehead atoms. The maximum atomic E-state index is 10.8. The van der Waals surface area contributed by atoms with Gasteiger partial charge in [0.1, 0.15) is 0 Å². The lowest BCUT2D eigenvalue weighted by atomic mass is 10.2. The number of carboxylic acid groups (broad SMARTS) is 1. The Labute approximate surface area is 107 Å². The fraction of sp³-hybridized carbons (Fsp3) is 0.538. The number of rotatable bonds is 8. The van der Waals surface area contributed by atoms with Crippen molar-refractivity contribution in [3.05, 3.63) is 17.8 Å². The van der Waals surface area contributed by atoms with E-state index in [2.05, 4.69) is 11.9 Å². The van der Waals surface area contributed by atoms with Crippen LogP contribution in [0.1, 0.15) is 49.5 Å². The molecule has 1 rings (SSSR count). The third kappa shape index (κ3) is 4.61. The number of nitrogens with two attached hydrogens (primary N) is 1. The third-order valence-electron chi connectivity index (χ3n) is 2.60. The Morgan fingerprint density at radius 1 is 1.33 bits per heavy atom. The molecule has 5 heteroatoms. The Bertz CT molecular complexity index is 394. The van der Waals surface area contributed by atoms with Crippen LogP contribution in [0.3, 0.4) is 0 Å². The highest BCUT2D eigenvalue weighted by molar-refractivity contribution is 5.86. The standard InChI is InChI=1S/C13H20N2O3/c1-2-3-4-5-6-9-18-12-10(14)7-8-11(15-12)13(16)17/h7-8H,2-6,9,14H2,1H3,(H,16,17). The normalized spacial score (nSPS) is 10.3. The van der Waals surface area contributed by atoms with E-state index >= 15 is 0 Å². The van der Waals surface area contributed by atoms with Crippen molar-refractivity contribution in [2.45, 2.75) is 39.0 Å². The first-order valence-corrected chi connectivity index (χ1v) is 6.27. The van der Waals surface area contributed by atoms with Crippen molar-refractivity contribution in [1.29, 1.82) is 0 Å². The second-order valence-electron chi connectivity index (χ2n) is 4.16. The van der Waals surface area contributed by atoms with E-state index in [-0.39, 0.29) is 11.6 Å². The number of pyridine rings is 1. The fourth-order valence-electron chi connectivity index (χ4n) is 1.56. The van der Waals surface area contributed by atoms with Gasteiger partial charge in [-0.3, -0.25) is 0 Å². The summed E-state index contributed by atoms with van der Waals surface area (Å²) in [6.07, 6.45) is 5.66. The first-order chi connectivity index (χ1) is 8.65. The van der Waals surface area contributed by atoms with E-state index in [0.717, 1.165) is 12.8 Å². The average molecular weight is 252 g/mol. The largest absolute Gasteiger partial charge is 0.477 e. The molecule has 100 valence electrons. The van der Waals surface area contributed by atoms with Crippen molar-refractivity contribution in [1.82, 2.24) is 4.98 Å². The van der Waals surface area contributed by atoms with Gasteiger partial charge in [-0.15, -0.1) is 0 Å². The van der Waals surface area contributed by atoms with Gasteiger partial charge >= 0.3 is 5.97 Å². The maximum Gasteiger partial charge on any atom is 0.354 e. The van der Waals surface area contributed by atoms with Gasteiger partial charge in [-0.05, 0) is 18.6 Å². The Morgan fingerprint density at radius 3 is 2.72 bits per heavy atom. The number of nitrogens with zero attached hydrogens (tertiary/aromatic N) is 1. The zero-order chi connectivity index (χ0) is 13.4. The number of ether oxygens (including phenoxy) is 1. The molecule has 0 aromatic carbocycles. The van der Waals surface area contributed by atoms with Crippen LogP contribution in [-0.4, -0.2) is 22.7 Å². The molecule has 0 aliphatic rings. The van der Waals surface area contributed by atoms with Gasteiger partial charge in [0.05, 0.1) is 12.3 Å². The topological polar surface area (TPSA) is 85.4 Å². The van der Waals surface area contributed by atoms with Crippen LogP contribution in [0.5, 0.6) is 5.88 Å². The number of anilines is 1. The molecule has 0 radical (unpaired) electrons. The fourth-order valence-corrected chi connectivity index (χ4v) is 1.56. The van der Waals surface area contributed by atoms with Gasteiger partial charge in [0.2, 0.25) is 5.88 Å². The van der Waals surface area contributed by atoms with E-state index in [4.69, 9.17) is 15.6 Å². The van der Waals surface area contributed by atoms with E-state index in [1.165, 1.54) is 31.4 Å². The molecule has 0 fully saturated rings. The number of hydrogen-bond donors (Lipinski definition) is 2. The van der Waals surface area contributed by atoms with Crippen LogP contribution < -0.4 is 10.5 Å². The van der Waals surface area contributed by atoms with Crippen molar-refractivity contribution < 1.29 is 14.6 Å². The Hall–Kier alpha value is -1.78. The molecular formula is C13H20N2O3. The molecule has 5 nitrogen and oxygen atoms in total. The van der Waals surface area contributed by atoms with Gasteiger partial charge in [0.25, 0.3) is 0 Å². The summed E-state index contributed by atoms with van der Waals surface area (Å²) >= 11 is 0. The van der Waals surface area contributed by atoms with Gasteiger partial charge in [0.15, 0.2) is 5.69 Å². The average Bonchev–Trinajstić information content (AvgIpc) is 2.35. The summed E-state index contributed by atoms with van der Waals surface area (Å²) in [5, 5.41) is 8.81. The SMILES string of the molecule is CCCCCCCOc1nc(C(=O)O)ccc1N. The van der Waals surface area contributed by atoms with Crippen LogP contribution in [0, 0.1) is 0 Å². The molecule has 0 saturated heterocycles. The number of carbonyl (C=O) groups is 1. The number of hydrogen-bond acceptors (Lipinski definition) is 4. The van der Waals surface area contributed by atoms with Crippen LogP contribution in [0.2, 0.25) is 0 Å². The van der Waals surface area contributed by atoms with Gasteiger partial charge in [0, 0.05) is 0 Å². The number of nitrogen functional groups attached to an aromatic ring is 1. The summed E-state index contributed by atoms with van der Waals surface area (Å²) in [5.74, 6) is -0.867. The summed E-state index contributed by atoms with van der Waals surface area (Å²) in [6.45, 7) is 2.68. The number of aromatic nitrogens is 1. The molecule has 0 spiro atoms. The minimum atomic E-state index is -1.08. The van der Waals surface area contributed by atoms with E-state index in [1.54, 1.807) is 0 Å². The number of carboxylic acids is 1. The number of unbranched alkanes of at least 4 members (excludes halogenated alkanes) is 4. The van der Waals surface area contributed by atoms with Gasteiger partial charge in [-0.2, -0.15) is 0 Å². The lowest BCUT2D eigenvalue weighted by molar-refractivity contribution is 0.0689. The predicted octanol–water partition coefficient (Wildman–Crippen LogP) is 2.71. The highest BCUT2D eigenvalue weighted by Gasteiger charge is 2.09. The molecule has 0 unspecified atom stereocenters. The van der Waals surface area contributed by atoms with E-state index < -0.39 is 5.97 Å². The molecule has 1 aromatic heterocycles. The van der Waals surface area contributed by atoms with Crippen molar-refractivity contribution in [3.63, 3.8) is 0 Å². The molecule has 18 heavy (non-hydrogen) atoms. The lowest BCUT2D eigenvalue weighted by Gasteiger charge is -2.08. The molecule has 1 heterocycles. The Morgan fingerprint density at radius 2 is 2.06 bits per heavy atom. The zero-order valence-corrected chi connectivity index (χ0v) is 10.7. The highest BCUT2D eigenvalue weighted by Crippen LogP contribution is 2.19. The van der Waals surface area contributed by atoms with E-state index in [0.29, 0.717) is 12.3 Å². The molecular weight excluding hydrogens is 232 g/mol. The summed E-state index contributed by atoms with van der Waals surface area (Å²) < 4.78 is 5.41. The molecule has 1 aromatic rings. The zero-order valence-electron chi connectivity index (χ0n) is 10.7. The molecule has 0 saturated carbocycles. The smallest absolute Gasteiger partial charge is 0.354 e. The van der Waals surface area contributed by atoms with E-state index in [9.17, 15) is 4.79 Å². The quantitative estimate of drug-likeness (QED) is 0.695. The summed E-state index contributed by atoms with van der Waals surface area (Å²) in [6, 6.07) is 2.87. The molecule has 0 amide bonds. The predicted molar refractivity (Wildman–Crippen MR) is 69.9 cm³/mol. The highest BCUT2D eigenvalue weighted by atomic mass is 16.5. The second kappa shape index (κ2) is 7.53. The third-order valence-corrected chi connectivity index (χ3v) is 2.60.